The minimum atomic E-state index is -0.862. The molecule has 4 nitrogen and oxygen atoms in total. The lowest BCUT2D eigenvalue weighted by molar-refractivity contribution is -0.139. The molecule has 0 aliphatic carbocycles. The number of nitrogens with one attached hydrogen (secondary N) is 1. The van der Waals surface area contributed by atoms with E-state index >= 15 is 0 Å². The predicted molar refractivity (Wildman–Crippen MR) is 65.7 cm³/mol. The van der Waals surface area contributed by atoms with Gasteiger partial charge in [-0.3, -0.25) is 9.69 Å². The zero-order chi connectivity index (χ0) is 14.0. The first-order chi connectivity index (χ1) is 8.97. The number of carboxylic acid groups (broad SMARTS) is 1. The average molecular weight is 270 g/mol. The Hall–Kier alpha value is -1.53. The largest absolute Gasteiger partial charge is 0.480 e. The van der Waals surface area contributed by atoms with E-state index in [0.717, 1.165) is 6.07 Å². The van der Waals surface area contributed by atoms with Crippen LogP contribution in [0.2, 0.25) is 0 Å². The predicted octanol–water partition coefficient (Wildman–Crippen LogP) is 1.21. The highest BCUT2D eigenvalue weighted by atomic mass is 19.2. The lowest BCUT2D eigenvalue weighted by Crippen LogP contribution is -2.32. The number of carbonyl (C=O) groups is 1. The van der Waals surface area contributed by atoms with E-state index in [1.165, 1.54) is 12.1 Å². The van der Waals surface area contributed by atoms with Crippen molar-refractivity contribution >= 4 is 5.97 Å². The van der Waals surface area contributed by atoms with Gasteiger partial charge in [0.1, 0.15) is 6.04 Å². The highest BCUT2D eigenvalue weighted by Gasteiger charge is 2.31. The normalized spacial score (nSPS) is 22.9. The van der Waals surface area contributed by atoms with Gasteiger partial charge in [-0.2, -0.15) is 0 Å². The molecule has 19 heavy (non-hydrogen) atoms. The molecule has 1 aromatic carbocycles. The van der Waals surface area contributed by atoms with Gasteiger partial charge >= 0.3 is 5.97 Å². The molecule has 0 unspecified atom stereocenters. The number of benzene rings is 1. The summed E-state index contributed by atoms with van der Waals surface area (Å²) in [7, 11) is 1.85. The first kappa shape index (κ1) is 13.9. The number of rotatable bonds is 4. The van der Waals surface area contributed by atoms with Crippen molar-refractivity contribution in [1.82, 2.24) is 10.2 Å². The van der Waals surface area contributed by atoms with Crippen molar-refractivity contribution in [3.8, 4) is 0 Å². The summed E-state index contributed by atoms with van der Waals surface area (Å²) < 4.78 is 25.9. The van der Waals surface area contributed by atoms with Gasteiger partial charge in [0.25, 0.3) is 0 Å². The fraction of sp³-hybridized carbons (Fsp3) is 0.462. The van der Waals surface area contributed by atoms with Gasteiger partial charge in [0, 0.05) is 19.1 Å². The summed E-state index contributed by atoms with van der Waals surface area (Å²) in [6.45, 7) is 1.03. The van der Waals surface area contributed by atoms with Gasteiger partial charge in [0.15, 0.2) is 11.6 Å². The molecule has 0 bridgehead atoms. The Morgan fingerprint density at radius 3 is 2.79 bits per heavy atom. The van der Waals surface area contributed by atoms with Crippen molar-refractivity contribution < 1.29 is 18.7 Å². The standard InChI is InChI=1S/C13H16F2N2O2/c1-17(9-5-12(13(18)19)16-6-9)7-8-2-3-10(14)11(15)4-8/h2-4,9,12,16H,5-7H2,1H3,(H,18,19)/t9-,12-/m0/s1. The molecule has 6 heteroatoms. The molecule has 0 radical (unpaired) electrons. The Bertz CT molecular complexity index is 482. The van der Waals surface area contributed by atoms with Crippen molar-refractivity contribution in [2.75, 3.05) is 13.6 Å². The smallest absolute Gasteiger partial charge is 0.320 e. The van der Waals surface area contributed by atoms with E-state index in [-0.39, 0.29) is 6.04 Å². The molecule has 1 aromatic rings. The second-order valence-corrected chi connectivity index (χ2v) is 4.85. The van der Waals surface area contributed by atoms with E-state index < -0.39 is 23.6 Å². The van der Waals surface area contributed by atoms with Crippen LogP contribution < -0.4 is 5.32 Å². The number of hydrogen-bond donors (Lipinski definition) is 2. The van der Waals surface area contributed by atoms with Crippen molar-refractivity contribution in [1.29, 1.82) is 0 Å². The molecule has 0 amide bonds. The second-order valence-electron chi connectivity index (χ2n) is 4.85. The van der Waals surface area contributed by atoms with Crippen molar-refractivity contribution in [2.45, 2.75) is 25.0 Å². The fourth-order valence-electron chi connectivity index (χ4n) is 2.30. The summed E-state index contributed by atoms with van der Waals surface area (Å²) in [5.41, 5.74) is 0.667. The number of hydrogen-bond acceptors (Lipinski definition) is 3. The summed E-state index contributed by atoms with van der Waals surface area (Å²) in [5, 5.41) is 11.8. The molecule has 1 saturated heterocycles. The Labute approximate surface area is 110 Å². The molecular weight excluding hydrogens is 254 g/mol. The van der Waals surface area contributed by atoms with Gasteiger partial charge in [-0.05, 0) is 31.2 Å². The molecule has 0 spiro atoms. The summed E-state index contributed by atoms with van der Waals surface area (Å²) in [5.74, 6) is -2.58. The van der Waals surface area contributed by atoms with Crippen molar-refractivity contribution in [2.24, 2.45) is 0 Å². The first-order valence-corrected chi connectivity index (χ1v) is 6.07. The van der Waals surface area contributed by atoms with Crippen LogP contribution in [0.3, 0.4) is 0 Å². The quantitative estimate of drug-likeness (QED) is 0.863. The molecule has 1 aliphatic heterocycles. The van der Waals surface area contributed by atoms with Crippen LogP contribution in [-0.2, 0) is 11.3 Å². The maximum absolute atomic E-state index is 13.1. The van der Waals surface area contributed by atoms with E-state index in [2.05, 4.69) is 5.32 Å². The third-order valence-corrected chi connectivity index (χ3v) is 3.45. The Morgan fingerprint density at radius 1 is 1.47 bits per heavy atom. The molecule has 1 heterocycles. The van der Waals surface area contributed by atoms with Gasteiger partial charge in [-0.1, -0.05) is 6.07 Å². The van der Waals surface area contributed by atoms with Crippen LogP contribution in [0.15, 0.2) is 18.2 Å². The molecule has 1 fully saturated rings. The van der Waals surface area contributed by atoms with Crippen LogP contribution in [-0.4, -0.2) is 41.7 Å². The third-order valence-electron chi connectivity index (χ3n) is 3.45. The van der Waals surface area contributed by atoms with Crippen molar-refractivity contribution in [3.63, 3.8) is 0 Å². The molecule has 104 valence electrons. The van der Waals surface area contributed by atoms with Gasteiger partial charge in [-0.25, -0.2) is 8.78 Å². The van der Waals surface area contributed by atoms with Crippen molar-refractivity contribution in [3.05, 3.63) is 35.4 Å². The topological polar surface area (TPSA) is 52.6 Å². The molecule has 0 aromatic heterocycles. The second kappa shape index (κ2) is 5.63. The van der Waals surface area contributed by atoms with E-state index in [9.17, 15) is 13.6 Å². The van der Waals surface area contributed by atoms with E-state index in [1.54, 1.807) is 0 Å². The average Bonchev–Trinajstić information content (AvgIpc) is 2.83. The Kier molecular flexibility index (Phi) is 4.11. The summed E-state index contributed by atoms with van der Waals surface area (Å²) in [6.07, 6.45) is 0.509. The van der Waals surface area contributed by atoms with E-state index in [4.69, 9.17) is 5.11 Å². The van der Waals surface area contributed by atoms with Gasteiger partial charge in [0.2, 0.25) is 0 Å². The van der Waals surface area contributed by atoms with Crippen LogP contribution in [0.1, 0.15) is 12.0 Å². The fourth-order valence-corrected chi connectivity index (χ4v) is 2.30. The van der Waals surface area contributed by atoms with Gasteiger partial charge < -0.3 is 10.4 Å². The number of nitrogens with zero attached hydrogens (tertiary/aromatic N) is 1. The van der Waals surface area contributed by atoms with Gasteiger partial charge in [0.05, 0.1) is 0 Å². The number of likely N-dealkylation sites (N-methyl/N-ethyl adjacent to an activating group) is 1. The maximum atomic E-state index is 13.1. The molecule has 2 atom stereocenters. The maximum Gasteiger partial charge on any atom is 0.320 e. The lowest BCUT2D eigenvalue weighted by Gasteiger charge is -2.23. The first-order valence-electron chi connectivity index (χ1n) is 6.07. The molecular formula is C13H16F2N2O2. The van der Waals surface area contributed by atoms with E-state index in [0.29, 0.717) is 25.1 Å². The zero-order valence-corrected chi connectivity index (χ0v) is 10.6. The third kappa shape index (κ3) is 3.27. The monoisotopic (exact) mass is 270 g/mol. The summed E-state index contributed by atoms with van der Waals surface area (Å²) in [6, 6.07) is 3.35. The minimum Gasteiger partial charge on any atom is -0.480 e. The highest BCUT2D eigenvalue weighted by Crippen LogP contribution is 2.16. The lowest BCUT2D eigenvalue weighted by atomic mass is 10.1. The van der Waals surface area contributed by atoms with Crippen LogP contribution in [0.4, 0.5) is 8.78 Å². The van der Waals surface area contributed by atoms with Gasteiger partial charge in [-0.15, -0.1) is 0 Å². The number of carboxylic acids is 1. The Balaban J connectivity index is 1.96. The zero-order valence-electron chi connectivity index (χ0n) is 10.6. The Morgan fingerprint density at radius 2 is 2.21 bits per heavy atom. The summed E-state index contributed by atoms with van der Waals surface area (Å²) >= 11 is 0. The van der Waals surface area contributed by atoms with Crippen LogP contribution in [0, 0.1) is 11.6 Å². The number of halogens is 2. The van der Waals surface area contributed by atoms with E-state index in [1.807, 2.05) is 11.9 Å². The molecule has 1 aliphatic rings. The SMILES string of the molecule is CN(Cc1ccc(F)c(F)c1)[C@@H]1CN[C@H](C(=O)O)C1. The van der Waals surface area contributed by atoms with Crippen LogP contribution in [0.5, 0.6) is 0 Å². The highest BCUT2D eigenvalue weighted by molar-refractivity contribution is 5.73. The van der Waals surface area contributed by atoms with Crippen LogP contribution in [0.25, 0.3) is 0 Å². The summed E-state index contributed by atoms with van der Waals surface area (Å²) in [4.78, 5) is 12.8. The van der Waals surface area contributed by atoms with Crippen LogP contribution >= 0.6 is 0 Å². The molecule has 2 N–H and O–H groups in total. The molecule has 2 rings (SSSR count). The molecule has 0 saturated carbocycles. The number of aliphatic carboxylic acids is 1. The minimum absolute atomic E-state index is 0.0780.